The molecule has 0 saturated carbocycles. The van der Waals surface area contributed by atoms with E-state index in [-0.39, 0.29) is 11.9 Å². The maximum Gasteiger partial charge on any atom is 0.237 e. The molecule has 0 aliphatic carbocycles. The number of rotatable bonds is 4. The molecule has 0 spiro atoms. The third kappa shape index (κ3) is 4.19. The average Bonchev–Trinajstić information content (AvgIpc) is 3.27. The number of halogens is 1. The van der Waals surface area contributed by atoms with E-state index in [1.165, 1.54) is 25.7 Å². The van der Waals surface area contributed by atoms with Crippen LogP contribution in [0.1, 0.15) is 50.3 Å². The smallest absolute Gasteiger partial charge is 0.237 e. The van der Waals surface area contributed by atoms with Gasteiger partial charge < -0.3 is 4.90 Å². The minimum Gasteiger partial charge on any atom is -0.333 e. The van der Waals surface area contributed by atoms with Gasteiger partial charge in [-0.2, -0.15) is 5.10 Å². The number of nitrogens with one attached hydrogen (secondary N) is 1. The summed E-state index contributed by atoms with van der Waals surface area (Å²) in [6, 6.07) is 7.89. The van der Waals surface area contributed by atoms with Gasteiger partial charge in [-0.15, -0.1) is 0 Å². The minimum atomic E-state index is 0.0703. The lowest BCUT2D eigenvalue weighted by molar-refractivity contribution is -0.133. The van der Waals surface area contributed by atoms with Crippen molar-refractivity contribution >= 4 is 17.5 Å². The summed E-state index contributed by atoms with van der Waals surface area (Å²) >= 11 is 6.17. The number of hydrogen-bond acceptors (Lipinski definition) is 3. The van der Waals surface area contributed by atoms with Crippen molar-refractivity contribution in [2.75, 3.05) is 26.2 Å². The Balaban J connectivity index is 1.52. The first-order valence-corrected chi connectivity index (χ1v) is 10.4. The SMILES string of the molecule is O=C(CN1CCCCCC1)N1CCC[C@@H]1c1[nH]ncc1-c1cccc(Cl)c1. The van der Waals surface area contributed by atoms with Gasteiger partial charge in [-0.1, -0.05) is 36.6 Å². The van der Waals surface area contributed by atoms with Crippen molar-refractivity contribution in [2.24, 2.45) is 0 Å². The summed E-state index contributed by atoms with van der Waals surface area (Å²) in [5.74, 6) is 0.242. The summed E-state index contributed by atoms with van der Waals surface area (Å²) in [4.78, 5) is 17.4. The Morgan fingerprint density at radius 3 is 2.74 bits per heavy atom. The van der Waals surface area contributed by atoms with Crippen LogP contribution in [0.2, 0.25) is 5.02 Å². The largest absolute Gasteiger partial charge is 0.333 e. The van der Waals surface area contributed by atoms with E-state index in [1.54, 1.807) is 0 Å². The molecule has 0 bridgehead atoms. The highest BCUT2D eigenvalue weighted by atomic mass is 35.5. The predicted octanol–water partition coefficient (Wildman–Crippen LogP) is 4.27. The molecule has 2 aromatic rings. The molecule has 1 N–H and O–H groups in total. The lowest BCUT2D eigenvalue weighted by Gasteiger charge is -2.28. The standard InChI is InChI=1S/C21H27ClN4O/c22-17-8-5-7-16(13-17)18-14-23-24-21(18)19-9-6-12-26(19)20(27)15-25-10-3-1-2-4-11-25/h5,7-8,13-14,19H,1-4,6,9-12,15H2,(H,23,24)/t19-/m1/s1. The van der Waals surface area contributed by atoms with E-state index >= 15 is 0 Å². The second-order valence-electron chi connectivity index (χ2n) is 7.64. The van der Waals surface area contributed by atoms with Gasteiger partial charge in [0.1, 0.15) is 0 Å². The predicted molar refractivity (Wildman–Crippen MR) is 108 cm³/mol. The molecule has 2 saturated heterocycles. The molecule has 1 amide bonds. The lowest BCUT2D eigenvalue weighted by atomic mass is 10.0. The van der Waals surface area contributed by atoms with Gasteiger partial charge in [-0.3, -0.25) is 14.8 Å². The van der Waals surface area contributed by atoms with Gasteiger partial charge in [0.25, 0.3) is 0 Å². The molecule has 144 valence electrons. The van der Waals surface area contributed by atoms with Crippen LogP contribution < -0.4 is 0 Å². The van der Waals surface area contributed by atoms with Crippen molar-refractivity contribution in [3.63, 3.8) is 0 Å². The van der Waals surface area contributed by atoms with Crippen molar-refractivity contribution in [2.45, 2.75) is 44.6 Å². The van der Waals surface area contributed by atoms with Gasteiger partial charge >= 0.3 is 0 Å². The highest BCUT2D eigenvalue weighted by Gasteiger charge is 2.33. The van der Waals surface area contributed by atoms with Crippen LogP contribution in [0.15, 0.2) is 30.5 Å². The second-order valence-corrected chi connectivity index (χ2v) is 8.08. The zero-order chi connectivity index (χ0) is 18.6. The molecule has 5 nitrogen and oxygen atoms in total. The highest BCUT2D eigenvalue weighted by Crippen LogP contribution is 2.37. The first-order valence-electron chi connectivity index (χ1n) is 10.0. The number of amides is 1. The van der Waals surface area contributed by atoms with Gasteiger partial charge in [-0.25, -0.2) is 0 Å². The number of H-pyrrole nitrogens is 1. The summed E-state index contributed by atoms with van der Waals surface area (Å²) < 4.78 is 0. The molecule has 2 aliphatic rings. The normalized spacial score (nSPS) is 21.4. The van der Waals surface area contributed by atoms with E-state index in [0.29, 0.717) is 11.6 Å². The number of nitrogens with zero attached hydrogens (tertiary/aromatic N) is 3. The molecule has 6 heteroatoms. The van der Waals surface area contributed by atoms with E-state index in [0.717, 1.165) is 49.3 Å². The number of carbonyl (C=O) groups is 1. The molecule has 1 aromatic heterocycles. The zero-order valence-corrected chi connectivity index (χ0v) is 16.4. The summed E-state index contributed by atoms with van der Waals surface area (Å²) in [6.07, 6.45) is 8.83. The van der Waals surface area contributed by atoms with Gasteiger partial charge in [0.15, 0.2) is 0 Å². The Morgan fingerprint density at radius 1 is 1.15 bits per heavy atom. The van der Waals surface area contributed by atoms with Crippen LogP contribution in [0.4, 0.5) is 0 Å². The minimum absolute atomic E-state index is 0.0703. The van der Waals surface area contributed by atoms with E-state index in [2.05, 4.69) is 15.1 Å². The highest BCUT2D eigenvalue weighted by molar-refractivity contribution is 6.30. The van der Waals surface area contributed by atoms with E-state index in [9.17, 15) is 4.79 Å². The number of aromatic amines is 1. The number of benzene rings is 1. The van der Waals surface area contributed by atoms with Crippen LogP contribution in [-0.2, 0) is 4.79 Å². The molecule has 4 rings (SSSR count). The average molecular weight is 387 g/mol. The third-order valence-corrected chi connectivity index (χ3v) is 6.00. The Morgan fingerprint density at radius 2 is 1.96 bits per heavy atom. The lowest BCUT2D eigenvalue weighted by Crippen LogP contribution is -2.40. The van der Waals surface area contributed by atoms with Crippen LogP contribution in [0.3, 0.4) is 0 Å². The van der Waals surface area contributed by atoms with Crippen molar-refractivity contribution in [3.05, 3.63) is 41.2 Å². The maximum atomic E-state index is 13.1. The van der Waals surface area contributed by atoms with Crippen LogP contribution in [0, 0.1) is 0 Å². The van der Waals surface area contributed by atoms with Crippen molar-refractivity contribution in [1.82, 2.24) is 20.0 Å². The number of aromatic nitrogens is 2. The fourth-order valence-electron chi connectivity index (χ4n) is 4.38. The Labute approximate surface area is 165 Å². The fourth-order valence-corrected chi connectivity index (χ4v) is 4.57. The fraction of sp³-hybridized carbons (Fsp3) is 0.524. The molecule has 3 heterocycles. The maximum absolute atomic E-state index is 13.1. The Hall–Kier alpha value is -1.85. The van der Waals surface area contributed by atoms with Crippen LogP contribution in [0.25, 0.3) is 11.1 Å². The monoisotopic (exact) mass is 386 g/mol. The molecule has 1 atom stereocenters. The van der Waals surface area contributed by atoms with Crippen LogP contribution in [0.5, 0.6) is 0 Å². The first kappa shape index (κ1) is 18.5. The molecular weight excluding hydrogens is 360 g/mol. The number of likely N-dealkylation sites (tertiary alicyclic amines) is 2. The number of carbonyl (C=O) groups excluding carboxylic acids is 1. The summed E-state index contributed by atoms with van der Waals surface area (Å²) in [5.41, 5.74) is 3.11. The van der Waals surface area contributed by atoms with Gasteiger partial charge in [0.05, 0.1) is 24.5 Å². The van der Waals surface area contributed by atoms with Gasteiger partial charge in [0.2, 0.25) is 5.91 Å². The van der Waals surface area contributed by atoms with Gasteiger partial charge in [0, 0.05) is 17.1 Å². The third-order valence-electron chi connectivity index (χ3n) is 5.77. The van der Waals surface area contributed by atoms with Crippen molar-refractivity contribution in [3.8, 4) is 11.1 Å². The zero-order valence-electron chi connectivity index (χ0n) is 15.7. The molecule has 1 aromatic carbocycles. The van der Waals surface area contributed by atoms with Gasteiger partial charge in [-0.05, 0) is 56.5 Å². The molecule has 2 fully saturated rings. The molecule has 0 radical (unpaired) electrons. The summed E-state index contributed by atoms with van der Waals surface area (Å²) in [5, 5.41) is 8.15. The van der Waals surface area contributed by atoms with E-state index < -0.39 is 0 Å². The van der Waals surface area contributed by atoms with Crippen LogP contribution >= 0.6 is 11.6 Å². The molecule has 2 aliphatic heterocycles. The molecule has 0 unspecified atom stereocenters. The number of hydrogen-bond donors (Lipinski definition) is 1. The Kier molecular flexibility index (Phi) is 5.79. The first-order chi connectivity index (χ1) is 13.2. The van der Waals surface area contributed by atoms with Crippen molar-refractivity contribution < 1.29 is 4.79 Å². The van der Waals surface area contributed by atoms with E-state index in [4.69, 9.17) is 11.6 Å². The summed E-state index contributed by atoms with van der Waals surface area (Å²) in [6.45, 7) is 3.45. The van der Waals surface area contributed by atoms with Crippen LogP contribution in [-0.4, -0.2) is 52.1 Å². The second kappa shape index (κ2) is 8.44. The quantitative estimate of drug-likeness (QED) is 0.853. The summed E-state index contributed by atoms with van der Waals surface area (Å²) in [7, 11) is 0. The van der Waals surface area contributed by atoms with E-state index in [1.807, 2.05) is 35.4 Å². The topological polar surface area (TPSA) is 52.2 Å². The van der Waals surface area contributed by atoms with Crippen molar-refractivity contribution in [1.29, 1.82) is 0 Å². The Bertz CT molecular complexity index is 782. The molecular formula is C21H27ClN4O. The molecule has 27 heavy (non-hydrogen) atoms.